The number of likely N-dealkylation sites (N-methyl/N-ethyl adjacent to an activating group) is 1. The van der Waals surface area contributed by atoms with Gasteiger partial charge in [0, 0.05) is 71.2 Å². The molecule has 0 aliphatic carbocycles. The molecule has 0 spiro atoms. The molecule has 3 rings (SSSR count). The number of amides is 1. The molecule has 2 fully saturated rings. The van der Waals surface area contributed by atoms with Crippen LogP contribution in [-0.2, 0) is 11.3 Å². The number of rotatable bonds is 5. The summed E-state index contributed by atoms with van der Waals surface area (Å²) in [7, 11) is 2.16. The van der Waals surface area contributed by atoms with Crippen LogP contribution in [-0.4, -0.2) is 83.0 Å². The van der Waals surface area contributed by atoms with E-state index in [2.05, 4.69) is 31.3 Å². The zero-order valence-corrected chi connectivity index (χ0v) is 14.2. The molecule has 1 atom stereocenters. The first-order valence-corrected chi connectivity index (χ1v) is 8.85. The lowest BCUT2D eigenvalue weighted by Gasteiger charge is -2.35. The number of aromatic nitrogens is 2. The average Bonchev–Trinajstić information content (AvgIpc) is 3.07. The summed E-state index contributed by atoms with van der Waals surface area (Å²) in [5, 5.41) is 0. The Kier molecular flexibility index (Phi) is 5.67. The molecule has 1 aromatic heterocycles. The van der Waals surface area contributed by atoms with Gasteiger partial charge in [-0.15, -0.1) is 0 Å². The van der Waals surface area contributed by atoms with Gasteiger partial charge in [-0.3, -0.25) is 4.79 Å². The van der Waals surface area contributed by atoms with Crippen molar-refractivity contribution in [2.75, 3.05) is 52.9 Å². The summed E-state index contributed by atoms with van der Waals surface area (Å²) >= 11 is 0. The van der Waals surface area contributed by atoms with Crippen LogP contribution in [0.15, 0.2) is 18.7 Å². The van der Waals surface area contributed by atoms with Gasteiger partial charge in [-0.05, 0) is 25.8 Å². The largest absolute Gasteiger partial charge is 0.342 e. The lowest BCUT2D eigenvalue weighted by molar-refractivity contribution is -0.133. The van der Waals surface area contributed by atoms with Crippen LogP contribution in [0.2, 0.25) is 0 Å². The second-order valence-electron chi connectivity index (χ2n) is 7.00. The summed E-state index contributed by atoms with van der Waals surface area (Å²) in [6.45, 7) is 8.13. The van der Waals surface area contributed by atoms with Crippen LogP contribution in [0.1, 0.15) is 19.3 Å². The van der Waals surface area contributed by atoms with Crippen molar-refractivity contribution in [1.82, 2.24) is 24.3 Å². The van der Waals surface area contributed by atoms with Gasteiger partial charge in [-0.25, -0.2) is 4.98 Å². The number of carbonyl (C=O) groups excluding carboxylic acids is 1. The predicted molar refractivity (Wildman–Crippen MR) is 90.1 cm³/mol. The van der Waals surface area contributed by atoms with Crippen LogP contribution >= 0.6 is 0 Å². The Bertz CT molecular complexity index is 481. The maximum atomic E-state index is 12.5. The summed E-state index contributed by atoms with van der Waals surface area (Å²) in [5.41, 5.74) is 0. The van der Waals surface area contributed by atoms with E-state index < -0.39 is 0 Å². The second kappa shape index (κ2) is 7.93. The molecule has 23 heavy (non-hydrogen) atoms. The monoisotopic (exact) mass is 319 g/mol. The van der Waals surface area contributed by atoms with Crippen LogP contribution in [0.3, 0.4) is 0 Å². The topological polar surface area (TPSA) is 44.6 Å². The highest BCUT2D eigenvalue weighted by molar-refractivity contribution is 5.76. The average molecular weight is 319 g/mol. The molecule has 0 aromatic carbocycles. The fourth-order valence-electron chi connectivity index (χ4n) is 3.62. The summed E-state index contributed by atoms with van der Waals surface area (Å²) in [5.74, 6) is 0.893. The molecule has 3 heterocycles. The third-order valence-corrected chi connectivity index (χ3v) is 5.14. The maximum Gasteiger partial charge on any atom is 0.223 e. The lowest BCUT2D eigenvalue weighted by atomic mass is 9.97. The van der Waals surface area contributed by atoms with Crippen molar-refractivity contribution in [2.24, 2.45) is 5.92 Å². The number of nitrogens with zero attached hydrogens (tertiary/aromatic N) is 5. The number of likely N-dealkylation sites (tertiary alicyclic amines) is 1. The molecule has 0 bridgehead atoms. The smallest absolute Gasteiger partial charge is 0.223 e. The zero-order valence-electron chi connectivity index (χ0n) is 14.2. The first-order valence-electron chi connectivity index (χ1n) is 8.85. The number of carbonyl (C=O) groups is 1. The Balaban J connectivity index is 1.41. The molecule has 1 unspecified atom stereocenters. The van der Waals surface area contributed by atoms with Gasteiger partial charge < -0.3 is 19.3 Å². The SMILES string of the molecule is CN1CCN(CCC(=O)N2CCCC(Cn3ccnc3)C2)CC1. The molecule has 2 saturated heterocycles. The molecule has 128 valence electrons. The summed E-state index contributed by atoms with van der Waals surface area (Å²) < 4.78 is 2.13. The number of piperidine rings is 1. The molecule has 0 saturated carbocycles. The van der Waals surface area contributed by atoms with Crippen LogP contribution in [0, 0.1) is 5.92 Å². The predicted octanol–water partition coefficient (Wildman–Crippen LogP) is 0.759. The Morgan fingerprint density at radius 2 is 2.04 bits per heavy atom. The highest BCUT2D eigenvalue weighted by atomic mass is 16.2. The highest BCUT2D eigenvalue weighted by Crippen LogP contribution is 2.19. The molecular weight excluding hydrogens is 290 g/mol. The van der Waals surface area contributed by atoms with Crippen LogP contribution in [0.25, 0.3) is 0 Å². The molecular formula is C17H29N5O. The first-order chi connectivity index (χ1) is 11.2. The maximum absolute atomic E-state index is 12.5. The summed E-state index contributed by atoms with van der Waals surface area (Å²) in [6, 6.07) is 0. The lowest BCUT2D eigenvalue weighted by Crippen LogP contribution is -2.46. The van der Waals surface area contributed by atoms with Crippen LogP contribution in [0.5, 0.6) is 0 Å². The van der Waals surface area contributed by atoms with Crippen molar-refractivity contribution in [3.63, 3.8) is 0 Å². The van der Waals surface area contributed by atoms with Crippen LogP contribution < -0.4 is 0 Å². The van der Waals surface area contributed by atoms with E-state index >= 15 is 0 Å². The molecule has 2 aliphatic heterocycles. The van der Waals surface area contributed by atoms with Crippen molar-refractivity contribution in [1.29, 1.82) is 0 Å². The highest BCUT2D eigenvalue weighted by Gasteiger charge is 2.24. The van der Waals surface area contributed by atoms with Gasteiger partial charge in [-0.1, -0.05) is 0 Å². The van der Waals surface area contributed by atoms with Gasteiger partial charge >= 0.3 is 0 Å². The molecule has 1 aromatic rings. The van der Waals surface area contributed by atoms with E-state index in [0.29, 0.717) is 18.2 Å². The van der Waals surface area contributed by atoms with Crippen molar-refractivity contribution in [3.8, 4) is 0 Å². The molecule has 6 nitrogen and oxygen atoms in total. The molecule has 6 heteroatoms. The van der Waals surface area contributed by atoms with E-state index in [9.17, 15) is 4.79 Å². The fourth-order valence-corrected chi connectivity index (χ4v) is 3.62. The van der Waals surface area contributed by atoms with E-state index in [-0.39, 0.29) is 0 Å². The van der Waals surface area contributed by atoms with Gasteiger partial charge in [0.15, 0.2) is 0 Å². The molecule has 0 radical (unpaired) electrons. The Morgan fingerprint density at radius 1 is 1.22 bits per heavy atom. The Labute approximate surface area is 139 Å². The zero-order chi connectivity index (χ0) is 16.1. The number of piperazine rings is 1. The minimum absolute atomic E-state index is 0.333. The van der Waals surface area contributed by atoms with Crippen molar-refractivity contribution < 1.29 is 4.79 Å². The third-order valence-electron chi connectivity index (χ3n) is 5.14. The summed E-state index contributed by atoms with van der Waals surface area (Å²) in [6.07, 6.45) is 8.70. The number of hydrogen-bond donors (Lipinski definition) is 0. The Hall–Kier alpha value is -1.40. The minimum Gasteiger partial charge on any atom is -0.342 e. The van der Waals surface area contributed by atoms with Crippen molar-refractivity contribution in [3.05, 3.63) is 18.7 Å². The van der Waals surface area contributed by atoms with E-state index in [1.807, 2.05) is 18.7 Å². The van der Waals surface area contributed by atoms with Gasteiger partial charge in [0.1, 0.15) is 0 Å². The standard InChI is InChI=1S/C17H29N5O/c1-19-9-11-20(12-10-19)7-4-17(23)22-6-2-3-16(14-22)13-21-8-5-18-15-21/h5,8,15-16H,2-4,6-7,9-14H2,1H3. The molecule has 1 amide bonds. The quantitative estimate of drug-likeness (QED) is 0.804. The van der Waals surface area contributed by atoms with Gasteiger partial charge in [0.25, 0.3) is 0 Å². The third kappa shape index (κ3) is 4.78. The minimum atomic E-state index is 0.333. The van der Waals surface area contributed by atoms with Gasteiger partial charge in [0.05, 0.1) is 6.33 Å². The van der Waals surface area contributed by atoms with E-state index in [1.165, 1.54) is 6.42 Å². The number of imidazole rings is 1. The molecule has 2 aliphatic rings. The first kappa shape index (κ1) is 16.5. The van der Waals surface area contributed by atoms with Crippen molar-refractivity contribution >= 4 is 5.91 Å². The van der Waals surface area contributed by atoms with E-state index in [4.69, 9.17) is 0 Å². The normalized spacial score (nSPS) is 24.0. The fraction of sp³-hybridized carbons (Fsp3) is 0.765. The van der Waals surface area contributed by atoms with Gasteiger partial charge in [-0.2, -0.15) is 0 Å². The summed E-state index contributed by atoms with van der Waals surface area (Å²) in [4.78, 5) is 23.5. The van der Waals surface area contributed by atoms with E-state index in [1.54, 1.807) is 0 Å². The van der Waals surface area contributed by atoms with Crippen LogP contribution in [0.4, 0.5) is 0 Å². The molecule has 0 N–H and O–H groups in total. The van der Waals surface area contributed by atoms with Gasteiger partial charge in [0.2, 0.25) is 5.91 Å². The van der Waals surface area contributed by atoms with Crippen molar-refractivity contribution in [2.45, 2.75) is 25.8 Å². The van der Waals surface area contributed by atoms with E-state index in [0.717, 1.165) is 58.8 Å². The second-order valence-corrected chi connectivity index (χ2v) is 7.00. The Morgan fingerprint density at radius 3 is 2.78 bits per heavy atom. The number of hydrogen-bond acceptors (Lipinski definition) is 4.